The van der Waals surface area contributed by atoms with Gasteiger partial charge in [0, 0.05) is 5.69 Å². The highest BCUT2D eigenvalue weighted by Gasteiger charge is 2.20. The summed E-state index contributed by atoms with van der Waals surface area (Å²) in [5, 5.41) is 2.85. The maximum absolute atomic E-state index is 13.4. The molecule has 7 nitrogen and oxygen atoms in total. The first kappa shape index (κ1) is 24.0. The Balaban J connectivity index is 1.70. The lowest BCUT2D eigenvalue weighted by Crippen LogP contribution is -2.40. The molecule has 0 spiro atoms. The summed E-state index contributed by atoms with van der Waals surface area (Å²) >= 11 is 2.62. The van der Waals surface area contributed by atoms with Gasteiger partial charge in [0.2, 0.25) is 5.91 Å². The lowest BCUT2D eigenvalue weighted by atomic mass is 10.1. The van der Waals surface area contributed by atoms with Gasteiger partial charge in [-0.25, -0.2) is 14.3 Å². The summed E-state index contributed by atoms with van der Waals surface area (Å²) in [6, 6.07) is 14.9. The van der Waals surface area contributed by atoms with Crippen LogP contribution in [0, 0.1) is 6.92 Å². The minimum absolute atomic E-state index is 0.234. The second kappa shape index (κ2) is 10.4. The lowest BCUT2D eigenvalue weighted by molar-refractivity contribution is -0.116. The summed E-state index contributed by atoms with van der Waals surface area (Å²) in [6.07, 6.45) is 5.10. The highest BCUT2D eigenvalue weighted by molar-refractivity contribution is 8.00. The zero-order valence-electron chi connectivity index (χ0n) is 19.3. The Morgan fingerprint density at radius 1 is 1.09 bits per heavy atom. The fourth-order valence-corrected chi connectivity index (χ4v) is 5.14. The Bertz CT molecular complexity index is 1430. The Hall–Kier alpha value is -3.17. The number of anilines is 1. The van der Waals surface area contributed by atoms with E-state index in [0.29, 0.717) is 20.4 Å². The van der Waals surface area contributed by atoms with Gasteiger partial charge in [-0.15, -0.1) is 11.3 Å². The summed E-state index contributed by atoms with van der Waals surface area (Å²) in [5.74, 6) is -0.363. The molecule has 0 radical (unpaired) electrons. The van der Waals surface area contributed by atoms with E-state index >= 15 is 0 Å². The number of fused-ring (bicyclic) bond motifs is 1. The van der Waals surface area contributed by atoms with Gasteiger partial charge in [-0.2, -0.15) is 0 Å². The van der Waals surface area contributed by atoms with E-state index in [4.69, 9.17) is 0 Å². The largest absolute Gasteiger partial charge is 0.337 e. The van der Waals surface area contributed by atoms with Crippen molar-refractivity contribution in [3.05, 3.63) is 80.5 Å². The molecule has 0 bridgehead atoms. The van der Waals surface area contributed by atoms with Crippen molar-refractivity contribution in [3.63, 3.8) is 0 Å². The monoisotopic (exact) mass is 494 g/mol. The molecule has 0 aliphatic carbocycles. The Morgan fingerprint density at radius 3 is 2.44 bits per heavy atom. The van der Waals surface area contributed by atoms with E-state index in [-0.39, 0.29) is 18.1 Å². The standard InChI is InChI=1S/C25H26N4O3S2/c1-4-5-6-17-9-11-18(12-10-17)26-20(30)15-28-22-21(34-24(27-22)33-3)23(31)29(25(28)32)19-13-7-16(2)8-14-19/h7-14H,4-6,15H2,1-3H3,(H,26,30). The van der Waals surface area contributed by atoms with Crippen LogP contribution in [0.15, 0.2) is 62.5 Å². The molecule has 2 aromatic carbocycles. The molecule has 2 aromatic heterocycles. The molecule has 1 N–H and O–H groups in total. The fraction of sp³-hybridized carbons (Fsp3) is 0.280. The number of thiazole rings is 1. The van der Waals surface area contributed by atoms with E-state index < -0.39 is 11.2 Å². The average molecular weight is 495 g/mol. The second-order valence-corrected chi connectivity index (χ2v) is 10.1. The Kier molecular flexibility index (Phi) is 7.33. The summed E-state index contributed by atoms with van der Waals surface area (Å²) < 4.78 is 3.39. The van der Waals surface area contributed by atoms with Gasteiger partial charge in [-0.1, -0.05) is 54.9 Å². The van der Waals surface area contributed by atoms with Gasteiger partial charge >= 0.3 is 5.69 Å². The Morgan fingerprint density at radius 2 is 1.79 bits per heavy atom. The molecular formula is C25H26N4O3S2. The van der Waals surface area contributed by atoms with E-state index in [1.165, 1.54) is 33.2 Å². The van der Waals surface area contributed by atoms with E-state index in [9.17, 15) is 14.4 Å². The van der Waals surface area contributed by atoms with Crippen molar-refractivity contribution < 1.29 is 4.79 Å². The number of hydrogen-bond acceptors (Lipinski definition) is 6. The van der Waals surface area contributed by atoms with Gasteiger partial charge in [0.1, 0.15) is 11.2 Å². The van der Waals surface area contributed by atoms with Crippen LogP contribution in [-0.2, 0) is 17.8 Å². The second-order valence-electron chi connectivity index (χ2n) is 8.03. The molecule has 4 aromatic rings. The number of thioether (sulfide) groups is 1. The zero-order chi connectivity index (χ0) is 24.2. The number of nitrogens with zero attached hydrogens (tertiary/aromatic N) is 3. The van der Waals surface area contributed by atoms with Crippen LogP contribution in [0.3, 0.4) is 0 Å². The van der Waals surface area contributed by atoms with E-state index in [1.807, 2.05) is 49.6 Å². The van der Waals surface area contributed by atoms with Crippen molar-refractivity contribution in [3.8, 4) is 5.69 Å². The predicted molar refractivity (Wildman–Crippen MR) is 140 cm³/mol. The van der Waals surface area contributed by atoms with Crippen molar-refractivity contribution >= 4 is 45.0 Å². The van der Waals surface area contributed by atoms with Crippen LogP contribution in [0.2, 0.25) is 0 Å². The zero-order valence-corrected chi connectivity index (χ0v) is 21.0. The maximum Gasteiger partial charge on any atom is 0.337 e. The number of carbonyl (C=O) groups is 1. The van der Waals surface area contributed by atoms with E-state index in [2.05, 4.69) is 17.2 Å². The van der Waals surface area contributed by atoms with Crippen LogP contribution in [0.5, 0.6) is 0 Å². The summed E-state index contributed by atoms with van der Waals surface area (Å²) in [5.41, 5.74) is 2.56. The molecule has 0 aliphatic rings. The molecule has 1 amide bonds. The quantitative estimate of drug-likeness (QED) is 0.361. The molecule has 2 heterocycles. The molecule has 4 rings (SSSR count). The highest BCUT2D eigenvalue weighted by Crippen LogP contribution is 2.25. The van der Waals surface area contributed by atoms with E-state index in [1.54, 1.807) is 12.1 Å². The SMILES string of the molecule is CCCCc1ccc(NC(=O)Cn2c(=O)n(-c3ccc(C)cc3)c(=O)c3sc(SC)nc32)cc1. The molecule has 0 saturated carbocycles. The third-order valence-electron chi connectivity index (χ3n) is 5.49. The van der Waals surface area contributed by atoms with Crippen LogP contribution < -0.4 is 16.6 Å². The maximum atomic E-state index is 13.4. The van der Waals surface area contributed by atoms with Gasteiger partial charge < -0.3 is 5.32 Å². The topological polar surface area (TPSA) is 86.0 Å². The smallest absolute Gasteiger partial charge is 0.325 e. The highest BCUT2D eigenvalue weighted by atomic mass is 32.2. The number of hydrogen-bond donors (Lipinski definition) is 1. The molecule has 176 valence electrons. The molecule has 0 saturated heterocycles. The van der Waals surface area contributed by atoms with Crippen molar-refractivity contribution in [1.82, 2.24) is 14.1 Å². The predicted octanol–water partition coefficient (Wildman–Crippen LogP) is 4.62. The van der Waals surface area contributed by atoms with Gasteiger partial charge in [-0.3, -0.25) is 14.2 Å². The first-order chi connectivity index (χ1) is 16.4. The number of aromatic nitrogens is 3. The molecule has 0 aliphatic heterocycles. The van der Waals surface area contributed by atoms with Crippen molar-refractivity contribution in [2.24, 2.45) is 0 Å². The van der Waals surface area contributed by atoms with Crippen LogP contribution in [-0.4, -0.2) is 26.3 Å². The Labute approximate surface area is 205 Å². The summed E-state index contributed by atoms with van der Waals surface area (Å²) in [6.45, 7) is 3.83. The first-order valence-electron chi connectivity index (χ1n) is 11.1. The van der Waals surface area contributed by atoms with Gasteiger partial charge in [0.05, 0.1) is 5.69 Å². The van der Waals surface area contributed by atoms with E-state index in [0.717, 1.165) is 29.4 Å². The number of nitrogens with one attached hydrogen (secondary N) is 1. The van der Waals surface area contributed by atoms with Gasteiger partial charge in [0.25, 0.3) is 5.56 Å². The number of amides is 1. The third-order valence-corrected chi connectivity index (χ3v) is 7.51. The number of rotatable bonds is 8. The van der Waals surface area contributed by atoms with Crippen molar-refractivity contribution in [2.75, 3.05) is 11.6 Å². The summed E-state index contributed by atoms with van der Waals surface area (Å²) in [7, 11) is 0. The van der Waals surface area contributed by atoms with Crippen LogP contribution >= 0.6 is 23.1 Å². The number of benzene rings is 2. The number of carbonyl (C=O) groups excluding carboxylic acids is 1. The number of unbranched alkanes of at least 4 members (excludes halogenated alkanes) is 1. The third kappa shape index (κ3) is 5.00. The number of aryl methyl sites for hydroxylation is 2. The average Bonchev–Trinajstić information content (AvgIpc) is 3.27. The minimum atomic E-state index is -0.593. The van der Waals surface area contributed by atoms with Crippen LogP contribution in [0.25, 0.3) is 16.0 Å². The van der Waals surface area contributed by atoms with Gasteiger partial charge in [0.15, 0.2) is 9.99 Å². The van der Waals surface area contributed by atoms with Gasteiger partial charge in [-0.05, 0) is 55.9 Å². The minimum Gasteiger partial charge on any atom is -0.325 e. The molecule has 0 fully saturated rings. The molecular weight excluding hydrogens is 468 g/mol. The first-order valence-corrected chi connectivity index (χ1v) is 13.1. The van der Waals surface area contributed by atoms with Crippen molar-refractivity contribution in [1.29, 1.82) is 0 Å². The molecule has 0 unspecified atom stereocenters. The normalized spacial score (nSPS) is 11.1. The lowest BCUT2D eigenvalue weighted by Gasteiger charge is -2.12. The molecule has 0 atom stereocenters. The van der Waals surface area contributed by atoms with Crippen LogP contribution in [0.4, 0.5) is 5.69 Å². The fourth-order valence-electron chi connectivity index (χ4n) is 3.65. The molecule has 34 heavy (non-hydrogen) atoms. The van der Waals surface area contributed by atoms with Crippen LogP contribution in [0.1, 0.15) is 30.9 Å². The van der Waals surface area contributed by atoms with Crippen molar-refractivity contribution in [2.45, 2.75) is 44.0 Å². The molecule has 9 heteroatoms. The summed E-state index contributed by atoms with van der Waals surface area (Å²) in [4.78, 5) is 44.0.